The zero-order valence-corrected chi connectivity index (χ0v) is 17.1. The monoisotopic (exact) mass is 403 g/mol. The zero-order valence-electron chi connectivity index (χ0n) is 17.1. The lowest BCUT2D eigenvalue weighted by molar-refractivity contribution is 0.0724. The first-order chi connectivity index (χ1) is 14.7. The maximum Gasteiger partial charge on any atom is 0.290 e. The number of hydrogen-bond donors (Lipinski definition) is 0. The minimum atomic E-state index is -0.460. The van der Waals surface area contributed by atoms with Crippen molar-refractivity contribution in [3.8, 4) is 5.75 Å². The van der Waals surface area contributed by atoms with Gasteiger partial charge < -0.3 is 14.1 Å². The molecule has 0 saturated carbocycles. The van der Waals surface area contributed by atoms with Crippen LogP contribution in [0.25, 0.3) is 11.0 Å². The highest BCUT2D eigenvalue weighted by molar-refractivity contribution is 5.99. The number of unbranched alkanes of at least 4 members (excludes halogenated alkanes) is 2. The van der Waals surface area contributed by atoms with E-state index in [4.69, 9.17) is 9.15 Å². The third-order valence-electron chi connectivity index (χ3n) is 5.44. The van der Waals surface area contributed by atoms with E-state index in [1.807, 2.05) is 30.3 Å². The number of hydrogen-bond acceptors (Lipinski definition) is 4. The number of rotatable bonds is 8. The lowest BCUT2D eigenvalue weighted by atomic mass is 9.98. The number of carbonyl (C=O) groups excluding carboxylic acids is 1. The van der Waals surface area contributed by atoms with Gasteiger partial charge in [0.1, 0.15) is 17.9 Å². The molecule has 4 rings (SSSR count). The first-order valence-electron chi connectivity index (χ1n) is 10.4. The van der Waals surface area contributed by atoms with E-state index < -0.39 is 6.04 Å². The average Bonchev–Trinajstić information content (AvgIpc) is 3.05. The van der Waals surface area contributed by atoms with Crippen molar-refractivity contribution >= 4 is 16.9 Å². The van der Waals surface area contributed by atoms with Crippen molar-refractivity contribution in [2.45, 2.75) is 32.2 Å². The Bertz CT molecular complexity index is 1130. The number of nitrogens with zero attached hydrogens (tertiary/aromatic N) is 1. The minimum Gasteiger partial charge on any atom is -0.490 e. The van der Waals surface area contributed by atoms with Crippen molar-refractivity contribution in [2.24, 2.45) is 0 Å². The molecule has 1 aromatic heterocycles. The van der Waals surface area contributed by atoms with Crippen molar-refractivity contribution in [3.63, 3.8) is 0 Å². The molecule has 1 atom stereocenters. The zero-order chi connectivity index (χ0) is 21.1. The van der Waals surface area contributed by atoms with Crippen molar-refractivity contribution in [1.29, 1.82) is 0 Å². The van der Waals surface area contributed by atoms with Gasteiger partial charge in [0, 0.05) is 6.54 Å². The smallest absolute Gasteiger partial charge is 0.290 e. The van der Waals surface area contributed by atoms with Crippen LogP contribution in [0, 0.1) is 0 Å². The molecule has 2 heterocycles. The molecule has 0 bridgehead atoms. The summed E-state index contributed by atoms with van der Waals surface area (Å²) in [7, 11) is 0. The Labute approximate surface area is 175 Å². The van der Waals surface area contributed by atoms with Gasteiger partial charge in [-0.15, -0.1) is 0 Å². The van der Waals surface area contributed by atoms with Crippen LogP contribution in [0.2, 0.25) is 0 Å². The van der Waals surface area contributed by atoms with Crippen LogP contribution in [0.4, 0.5) is 0 Å². The minimum absolute atomic E-state index is 0.143. The molecule has 2 aromatic carbocycles. The molecule has 0 N–H and O–H groups in total. The summed E-state index contributed by atoms with van der Waals surface area (Å²) in [5.74, 6) is 0.652. The van der Waals surface area contributed by atoms with Gasteiger partial charge >= 0.3 is 0 Å². The summed E-state index contributed by atoms with van der Waals surface area (Å²) in [5.41, 5.74) is 1.59. The van der Waals surface area contributed by atoms with Crippen LogP contribution in [0.15, 0.2) is 70.4 Å². The predicted molar refractivity (Wildman–Crippen MR) is 117 cm³/mol. The van der Waals surface area contributed by atoms with Crippen molar-refractivity contribution in [3.05, 3.63) is 88.3 Å². The molecule has 0 spiro atoms. The number of ether oxygens (including phenoxy) is 1. The molecular formula is C25H25NO4. The summed E-state index contributed by atoms with van der Waals surface area (Å²) in [4.78, 5) is 28.4. The van der Waals surface area contributed by atoms with Crippen LogP contribution >= 0.6 is 0 Å². The summed E-state index contributed by atoms with van der Waals surface area (Å²) < 4.78 is 11.5. The summed E-state index contributed by atoms with van der Waals surface area (Å²) in [5, 5.41) is 0.496. The molecule has 1 amide bonds. The van der Waals surface area contributed by atoms with E-state index in [2.05, 4.69) is 13.5 Å². The predicted octanol–water partition coefficient (Wildman–Crippen LogP) is 5.09. The molecule has 30 heavy (non-hydrogen) atoms. The normalized spacial score (nSPS) is 15.4. The van der Waals surface area contributed by atoms with E-state index in [1.165, 1.54) is 0 Å². The fourth-order valence-corrected chi connectivity index (χ4v) is 3.98. The molecular weight excluding hydrogens is 378 g/mol. The Morgan fingerprint density at radius 1 is 1.10 bits per heavy atom. The van der Waals surface area contributed by atoms with E-state index in [1.54, 1.807) is 29.2 Å². The lowest BCUT2D eigenvalue weighted by Crippen LogP contribution is -2.30. The van der Waals surface area contributed by atoms with Crippen LogP contribution in [0.3, 0.4) is 0 Å². The fourth-order valence-electron chi connectivity index (χ4n) is 3.98. The van der Waals surface area contributed by atoms with Gasteiger partial charge in [0.15, 0.2) is 5.43 Å². The molecule has 1 unspecified atom stereocenters. The van der Waals surface area contributed by atoms with Gasteiger partial charge in [0.2, 0.25) is 5.76 Å². The molecule has 0 fully saturated rings. The van der Waals surface area contributed by atoms with E-state index in [-0.39, 0.29) is 17.1 Å². The number of para-hydroxylation sites is 1. The second-order valence-corrected chi connectivity index (χ2v) is 7.45. The topological polar surface area (TPSA) is 59.8 Å². The van der Waals surface area contributed by atoms with Gasteiger partial charge in [-0.05, 0) is 36.2 Å². The van der Waals surface area contributed by atoms with Crippen molar-refractivity contribution < 1.29 is 13.9 Å². The Morgan fingerprint density at radius 2 is 1.87 bits per heavy atom. The fraction of sp³-hybridized carbons (Fsp3) is 0.280. The number of benzene rings is 2. The standard InChI is InChI=1S/C25H25NO4/c1-3-5-8-15-26-22(17-11-13-18(14-12-17)29-16-4-2)21-23(27)19-9-6-7-10-20(19)30-24(21)25(26)28/h4,6-7,9-14,22H,2-3,5,8,15-16H2,1H3. The maximum atomic E-state index is 13.4. The van der Waals surface area contributed by atoms with Crippen LogP contribution < -0.4 is 10.2 Å². The van der Waals surface area contributed by atoms with Crippen LogP contribution in [-0.2, 0) is 0 Å². The molecule has 0 radical (unpaired) electrons. The van der Waals surface area contributed by atoms with Gasteiger partial charge in [0.25, 0.3) is 5.91 Å². The third-order valence-corrected chi connectivity index (χ3v) is 5.44. The molecule has 0 saturated heterocycles. The van der Waals surface area contributed by atoms with Gasteiger partial charge in [-0.2, -0.15) is 0 Å². The lowest BCUT2D eigenvalue weighted by Gasteiger charge is -2.25. The quantitative estimate of drug-likeness (QED) is 0.388. The highest BCUT2D eigenvalue weighted by atomic mass is 16.5. The summed E-state index contributed by atoms with van der Waals surface area (Å²) in [6.07, 6.45) is 4.63. The Hall–Kier alpha value is -3.34. The Balaban J connectivity index is 1.81. The second kappa shape index (κ2) is 8.57. The summed E-state index contributed by atoms with van der Waals surface area (Å²) in [6.45, 7) is 6.77. The molecule has 1 aliphatic heterocycles. The molecule has 154 valence electrons. The molecule has 5 heteroatoms. The van der Waals surface area contributed by atoms with E-state index in [9.17, 15) is 9.59 Å². The van der Waals surface area contributed by atoms with Crippen molar-refractivity contribution in [1.82, 2.24) is 4.90 Å². The van der Waals surface area contributed by atoms with Gasteiger partial charge in [0.05, 0.1) is 17.0 Å². The van der Waals surface area contributed by atoms with Crippen molar-refractivity contribution in [2.75, 3.05) is 13.2 Å². The Morgan fingerprint density at radius 3 is 2.60 bits per heavy atom. The summed E-state index contributed by atoms with van der Waals surface area (Å²) >= 11 is 0. The third kappa shape index (κ3) is 3.52. The van der Waals surface area contributed by atoms with E-state index in [0.29, 0.717) is 35.4 Å². The number of amides is 1. The SMILES string of the molecule is C=CCOc1ccc(C2c3c(oc4ccccc4c3=O)C(=O)N2CCCCC)cc1. The van der Waals surface area contributed by atoms with Gasteiger partial charge in [-0.1, -0.05) is 56.7 Å². The highest BCUT2D eigenvalue weighted by Crippen LogP contribution is 2.38. The number of fused-ring (bicyclic) bond motifs is 2. The van der Waals surface area contributed by atoms with Crippen LogP contribution in [0.1, 0.15) is 53.9 Å². The molecule has 3 aromatic rings. The average molecular weight is 403 g/mol. The second-order valence-electron chi connectivity index (χ2n) is 7.45. The number of carbonyl (C=O) groups is 1. The van der Waals surface area contributed by atoms with Crippen LogP contribution in [0.5, 0.6) is 5.75 Å². The molecule has 1 aliphatic rings. The van der Waals surface area contributed by atoms with E-state index >= 15 is 0 Å². The first-order valence-corrected chi connectivity index (χ1v) is 10.4. The molecule has 0 aliphatic carbocycles. The van der Waals surface area contributed by atoms with Gasteiger partial charge in [-0.25, -0.2) is 0 Å². The highest BCUT2D eigenvalue weighted by Gasteiger charge is 2.42. The van der Waals surface area contributed by atoms with Crippen LogP contribution in [-0.4, -0.2) is 24.0 Å². The largest absolute Gasteiger partial charge is 0.490 e. The Kier molecular flexibility index (Phi) is 5.70. The summed E-state index contributed by atoms with van der Waals surface area (Å²) in [6, 6.07) is 14.2. The maximum absolute atomic E-state index is 13.4. The van der Waals surface area contributed by atoms with Gasteiger partial charge in [-0.3, -0.25) is 9.59 Å². The van der Waals surface area contributed by atoms with E-state index in [0.717, 1.165) is 24.8 Å². The molecule has 5 nitrogen and oxygen atoms in total. The first kappa shape index (κ1) is 20.0.